The van der Waals surface area contributed by atoms with Crippen molar-refractivity contribution < 1.29 is 13.9 Å². The molecule has 0 aliphatic carbocycles. The molecule has 0 radical (unpaired) electrons. The molecule has 3 aromatic rings. The lowest BCUT2D eigenvalue weighted by Gasteiger charge is -2.21. The molecule has 1 aromatic heterocycles. The van der Waals surface area contributed by atoms with Gasteiger partial charge in [-0.1, -0.05) is 48.5 Å². The fourth-order valence-electron chi connectivity index (χ4n) is 3.09. The highest BCUT2D eigenvalue weighted by Gasteiger charge is 2.41. The number of anilines is 1. The van der Waals surface area contributed by atoms with Crippen LogP contribution >= 0.6 is 0 Å². The minimum absolute atomic E-state index is 0.0783. The maximum Gasteiger partial charge on any atom is 0.417 e. The predicted molar refractivity (Wildman–Crippen MR) is 88.6 cm³/mol. The Bertz CT molecular complexity index is 807. The molecule has 1 amide bonds. The monoisotopic (exact) mass is 307 g/mol. The number of nitrogens with zero attached hydrogens (tertiary/aromatic N) is 1. The maximum atomic E-state index is 12.3. The Balaban J connectivity index is 1.70. The number of amides is 1. The lowest BCUT2D eigenvalue weighted by molar-refractivity contribution is 0.141. The van der Waals surface area contributed by atoms with E-state index in [4.69, 9.17) is 9.15 Å². The van der Waals surface area contributed by atoms with Crippen molar-refractivity contribution in [1.82, 2.24) is 0 Å². The van der Waals surface area contributed by atoms with Crippen LogP contribution in [0.25, 0.3) is 11.0 Å². The van der Waals surface area contributed by atoms with Crippen LogP contribution in [0.2, 0.25) is 0 Å². The van der Waals surface area contributed by atoms with Crippen molar-refractivity contribution in [3.05, 3.63) is 66.2 Å². The summed E-state index contributed by atoms with van der Waals surface area (Å²) in [6, 6.07) is 19.7. The molecule has 0 spiro atoms. The molecule has 1 aliphatic rings. The van der Waals surface area contributed by atoms with Crippen LogP contribution < -0.4 is 4.90 Å². The van der Waals surface area contributed by atoms with E-state index in [2.05, 4.69) is 12.1 Å². The Hall–Kier alpha value is -2.75. The smallest absolute Gasteiger partial charge is 0.417 e. The molecule has 4 nitrogen and oxygen atoms in total. The number of benzene rings is 2. The summed E-state index contributed by atoms with van der Waals surface area (Å²) in [6.07, 6.45) is 0.193. The summed E-state index contributed by atoms with van der Waals surface area (Å²) in [5.74, 6) is 0.543. The zero-order chi connectivity index (χ0) is 15.8. The summed E-state index contributed by atoms with van der Waals surface area (Å²) in [5.41, 5.74) is 1.94. The standard InChI is InChI=1S/C19H17NO3/c1-13-16(11-14-7-3-2-4-8-14)20(19(21)22-13)18-12-15-9-5-6-10-17(15)23-18/h2-10,12-13,16H,11H2,1H3. The van der Waals surface area contributed by atoms with E-state index in [9.17, 15) is 4.79 Å². The number of hydrogen-bond donors (Lipinski definition) is 0. The van der Waals surface area contributed by atoms with E-state index in [1.54, 1.807) is 4.90 Å². The second-order valence-corrected chi connectivity index (χ2v) is 5.84. The fraction of sp³-hybridized carbons (Fsp3) is 0.211. The van der Waals surface area contributed by atoms with Crippen LogP contribution in [0.15, 0.2) is 65.1 Å². The molecule has 2 heterocycles. The van der Waals surface area contributed by atoms with Crippen LogP contribution in [0, 0.1) is 0 Å². The molecule has 2 atom stereocenters. The number of ether oxygens (including phenoxy) is 1. The van der Waals surface area contributed by atoms with Crippen molar-refractivity contribution in [1.29, 1.82) is 0 Å². The number of carbonyl (C=O) groups excluding carboxylic acids is 1. The third-order valence-corrected chi connectivity index (χ3v) is 4.29. The van der Waals surface area contributed by atoms with Crippen molar-refractivity contribution in [3.63, 3.8) is 0 Å². The van der Waals surface area contributed by atoms with Gasteiger partial charge < -0.3 is 9.15 Å². The quantitative estimate of drug-likeness (QED) is 0.720. The molecular formula is C19H17NO3. The molecule has 0 bridgehead atoms. The highest BCUT2D eigenvalue weighted by Crippen LogP contribution is 2.33. The number of para-hydroxylation sites is 1. The topological polar surface area (TPSA) is 42.7 Å². The van der Waals surface area contributed by atoms with E-state index in [0.717, 1.165) is 17.4 Å². The van der Waals surface area contributed by atoms with Gasteiger partial charge in [0, 0.05) is 11.5 Å². The van der Waals surface area contributed by atoms with Crippen molar-refractivity contribution in [2.45, 2.75) is 25.5 Å². The minimum Gasteiger partial charge on any atom is -0.444 e. The summed E-state index contributed by atoms with van der Waals surface area (Å²) in [5, 5.41) is 0.980. The van der Waals surface area contributed by atoms with E-state index >= 15 is 0 Å². The molecule has 0 saturated carbocycles. The van der Waals surface area contributed by atoms with E-state index in [1.807, 2.05) is 55.5 Å². The summed E-state index contributed by atoms with van der Waals surface area (Å²) >= 11 is 0. The molecule has 1 aliphatic heterocycles. The zero-order valence-corrected chi connectivity index (χ0v) is 12.8. The van der Waals surface area contributed by atoms with Gasteiger partial charge in [0.05, 0.1) is 6.04 Å². The van der Waals surface area contributed by atoms with Crippen molar-refractivity contribution in [2.24, 2.45) is 0 Å². The number of fused-ring (bicyclic) bond motifs is 1. The van der Waals surface area contributed by atoms with E-state index < -0.39 is 0 Å². The number of furan rings is 1. The summed E-state index contributed by atoms with van der Waals surface area (Å²) in [6.45, 7) is 1.92. The minimum atomic E-state index is -0.350. The normalized spacial score (nSPS) is 20.9. The summed E-state index contributed by atoms with van der Waals surface area (Å²) in [4.78, 5) is 13.9. The van der Waals surface area contributed by atoms with Gasteiger partial charge in [0.15, 0.2) is 0 Å². The molecule has 4 rings (SSSR count). The Morgan fingerprint density at radius 1 is 1.04 bits per heavy atom. The number of hydrogen-bond acceptors (Lipinski definition) is 3. The molecule has 2 aromatic carbocycles. The van der Waals surface area contributed by atoms with Crippen LogP contribution in [-0.4, -0.2) is 18.2 Å². The second kappa shape index (κ2) is 5.47. The van der Waals surface area contributed by atoms with Gasteiger partial charge in [0.1, 0.15) is 11.7 Å². The van der Waals surface area contributed by atoms with E-state index in [0.29, 0.717) is 5.88 Å². The van der Waals surface area contributed by atoms with Gasteiger partial charge in [-0.15, -0.1) is 0 Å². The molecule has 23 heavy (non-hydrogen) atoms. The van der Waals surface area contributed by atoms with E-state index in [-0.39, 0.29) is 18.2 Å². The third-order valence-electron chi connectivity index (χ3n) is 4.29. The van der Waals surface area contributed by atoms with Gasteiger partial charge in [0.25, 0.3) is 0 Å². The Morgan fingerprint density at radius 3 is 2.57 bits per heavy atom. The van der Waals surface area contributed by atoms with Gasteiger partial charge in [-0.25, -0.2) is 9.69 Å². The van der Waals surface area contributed by atoms with Crippen LogP contribution in [0.3, 0.4) is 0 Å². The Morgan fingerprint density at radius 2 is 1.78 bits per heavy atom. The van der Waals surface area contributed by atoms with E-state index in [1.165, 1.54) is 5.56 Å². The molecule has 0 N–H and O–H groups in total. The van der Waals surface area contributed by atoms with Crippen LogP contribution in [-0.2, 0) is 11.2 Å². The lowest BCUT2D eigenvalue weighted by atomic mass is 10.0. The number of carbonyl (C=O) groups is 1. The molecule has 1 saturated heterocycles. The predicted octanol–water partition coefficient (Wildman–Crippen LogP) is 4.39. The summed E-state index contributed by atoms with van der Waals surface area (Å²) in [7, 11) is 0. The second-order valence-electron chi connectivity index (χ2n) is 5.84. The van der Waals surface area contributed by atoms with Gasteiger partial charge in [-0.2, -0.15) is 0 Å². The Kier molecular flexibility index (Phi) is 3.30. The average molecular weight is 307 g/mol. The SMILES string of the molecule is CC1OC(=O)N(c2cc3ccccc3o2)C1Cc1ccccc1. The summed E-state index contributed by atoms with van der Waals surface area (Å²) < 4.78 is 11.3. The first-order valence-electron chi connectivity index (χ1n) is 7.75. The Labute approximate surface area is 134 Å². The van der Waals surface area contributed by atoms with Crippen LogP contribution in [0.1, 0.15) is 12.5 Å². The van der Waals surface area contributed by atoms with Crippen molar-refractivity contribution in [2.75, 3.05) is 4.90 Å². The average Bonchev–Trinajstić information content (AvgIpc) is 3.09. The maximum absolute atomic E-state index is 12.3. The first kappa shape index (κ1) is 13.9. The third kappa shape index (κ3) is 2.46. The van der Waals surface area contributed by atoms with Crippen molar-refractivity contribution in [3.8, 4) is 0 Å². The number of cyclic esters (lactones) is 1. The number of rotatable bonds is 3. The largest absolute Gasteiger partial charge is 0.444 e. The highest BCUT2D eigenvalue weighted by atomic mass is 16.6. The van der Waals surface area contributed by atoms with Crippen molar-refractivity contribution >= 4 is 22.9 Å². The van der Waals surface area contributed by atoms with Gasteiger partial charge in [0.2, 0.25) is 5.88 Å². The van der Waals surface area contributed by atoms with Crippen LogP contribution in [0.5, 0.6) is 0 Å². The molecule has 1 fully saturated rings. The van der Waals surface area contributed by atoms with Gasteiger partial charge >= 0.3 is 6.09 Å². The molecule has 4 heteroatoms. The molecular weight excluding hydrogens is 290 g/mol. The molecule has 116 valence electrons. The van der Waals surface area contributed by atoms with Gasteiger partial charge in [-0.3, -0.25) is 0 Å². The zero-order valence-electron chi connectivity index (χ0n) is 12.8. The van der Waals surface area contributed by atoms with Gasteiger partial charge in [-0.05, 0) is 25.0 Å². The fourth-order valence-corrected chi connectivity index (χ4v) is 3.09. The first-order chi connectivity index (χ1) is 11.2. The highest BCUT2D eigenvalue weighted by molar-refractivity contribution is 5.92. The first-order valence-corrected chi connectivity index (χ1v) is 7.75. The molecule has 2 unspecified atom stereocenters. The van der Waals surface area contributed by atoms with Crippen LogP contribution in [0.4, 0.5) is 10.7 Å². The lowest BCUT2D eigenvalue weighted by Crippen LogP contribution is -2.37.